The summed E-state index contributed by atoms with van der Waals surface area (Å²) in [4.78, 5) is 48.0. The number of benzene rings is 3. The molecule has 3 aromatic carbocycles. The Morgan fingerprint density at radius 3 is 1.91 bits per heavy atom. The van der Waals surface area contributed by atoms with Crippen molar-refractivity contribution in [3.8, 4) is 5.75 Å². The highest BCUT2D eigenvalue weighted by atomic mass is 32.2. The minimum Gasteiger partial charge on any atom is -0.507 e. The number of sulfone groups is 1. The Morgan fingerprint density at radius 2 is 1.33 bits per heavy atom. The summed E-state index contributed by atoms with van der Waals surface area (Å²) in [5.41, 5.74) is -0.862. The molecule has 1 aliphatic heterocycles. The summed E-state index contributed by atoms with van der Waals surface area (Å²) in [7, 11) is -4.13. The van der Waals surface area contributed by atoms with E-state index in [1.165, 1.54) is 12.1 Å². The average molecular weight is 467 g/mol. The molecule has 0 atom stereocenters. The number of carbonyl (C=O) groups excluding carboxylic acids is 2. The van der Waals surface area contributed by atoms with Crippen LogP contribution in [0, 0.1) is 0 Å². The van der Waals surface area contributed by atoms with Gasteiger partial charge in [-0.3, -0.25) is 9.59 Å². The molecule has 0 bridgehead atoms. The van der Waals surface area contributed by atoms with Gasteiger partial charge in [-0.05, 0) is 54.6 Å². The number of aromatic hydroxyl groups is 1. The van der Waals surface area contributed by atoms with Gasteiger partial charge in [0, 0.05) is 6.07 Å². The maximum atomic E-state index is 13.0. The number of amides is 2. The number of carboxylic acids is 2. The highest BCUT2D eigenvalue weighted by Gasteiger charge is 2.38. The van der Waals surface area contributed by atoms with Crippen LogP contribution in [0.3, 0.4) is 0 Å². The molecule has 3 N–H and O–H groups in total. The third kappa shape index (κ3) is 3.49. The van der Waals surface area contributed by atoms with Crippen LogP contribution < -0.4 is 4.90 Å². The Labute approximate surface area is 185 Å². The fourth-order valence-electron chi connectivity index (χ4n) is 3.37. The zero-order valence-corrected chi connectivity index (χ0v) is 17.2. The molecular formula is C22H13NO9S. The molecule has 166 valence electrons. The predicted molar refractivity (Wildman–Crippen MR) is 112 cm³/mol. The minimum absolute atomic E-state index is 0.0676. The van der Waals surface area contributed by atoms with Crippen molar-refractivity contribution in [3.63, 3.8) is 0 Å². The first-order valence-electron chi connectivity index (χ1n) is 9.20. The number of rotatable bonds is 5. The summed E-state index contributed by atoms with van der Waals surface area (Å²) in [5, 5.41) is 27.9. The van der Waals surface area contributed by atoms with Crippen LogP contribution in [0.15, 0.2) is 70.5 Å². The lowest BCUT2D eigenvalue weighted by atomic mass is 10.1. The van der Waals surface area contributed by atoms with Crippen molar-refractivity contribution in [2.45, 2.75) is 9.79 Å². The lowest BCUT2D eigenvalue weighted by Gasteiger charge is -2.14. The van der Waals surface area contributed by atoms with Crippen LogP contribution >= 0.6 is 0 Å². The third-order valence-electron chi connectivity index (χ3n) is 5.05. The number of anilines is 1. The second-order valence-corrected chi connectivity index (χ2v) is 8.94. The molecule has 3 aromatic rings. The first kappa shape index (κ1) is 21.7. The number of aromatic carboxylic acids is 2. The van der Waals surface area contributed by atoms with Gasteiger partial charge in [0.2, 0.25) is 9.84 Å². The molecule has 0 saturated heterocycles. The van der Waals surface area contributed by atoms with Crippen molar-refractivity contribution >= 4 is 39.3 Å². The first-order chi connectivity index (χ1) is 15.5. The summed E-state index contributed by atoms with van der Waals surface area (Å²) in [5.74, 6) is -4.89. The molecule has 0 aromatic heterocycles. The van der Waals surface area contributed by atoms with Crippen molar-refractivity contribution in [3.05, 3.63) is 82.9 Å². The SMILES string of the molecule is O=C(O)c1ccc(S(=O)(=O)c2ccc3c(c2)C(=O)N(c2ccc(C(=O)O)c(O)c2)C3=O)cc1. The fraction of sp³-hybridized carbons (Fsp3) is 0. The minimum atomic E-state index is -4.13. The van der Waals surface area contributed by atoms with Gasteiger partial charge in [-0.1, -0.05) is 0 Å². The van der Waals surface area contributed by atoms with Crippen molar-refractivity contribution in [1.29, 1.82) is 0 Å². The van der Waals surface area contributed by atoms with Gasteiger partial charge in [-0.25, -0.2) is 22.9 Å². The van der Waals surface area contributed by atoms with E-state index in [-0.39, 0.29) is 32.2 Å². The van der Waals surface area contributed by atoms with Crippen molar-refractivity contribution in [1.82, 2.24) is 0 Å². The zero-order valence-electron chi connectivity index (χ0n) is 16.4. The van der Waals surface area contributed by atoms with Gasteiger partial charge in [-0.2, -0.15) is 0 Å². The molecule has 0 aliphatic carbocycles. The summed E-state index contributed by atoms with van der Waals surface area (Å²) in [6.07, 6.45) is 0. The largest absolute Gasteiger partial charge is 0.507 e. The summed E-state index contributed by atoms with van der Waals surface area (Å²) >= 11 is 0. The van der Waals surface area contributed by atoms with E-state index >= 15 is 0 Å². The fourth-order valence-corrected chi connectivity index (χ4v) is 4.66. The number of nitrogens with zero attached hydrogens (tertiary/aromatic N) is 1. The van der Waals surface area contributed by atoms with Crippen molar-refractivity contribution in [2.75, 3.05) is 4.90 Å². The molecule has 0 unspecified atom stereocenters. The second kappa shape index (κ2) is 7.57. The van der Waals surface area contributed by atoms with Crippen molar-refractivity contribution in [2.24, 2.45) is 0 Å². The number of phenols is 1. The molecule has 1 heterocycles. The number of hydrogen-bond acceptors (Lipinski definition) is 7. The van der Waals surface area contributed by atoms with Crippen LogP contribution in [0.4, 0.5) is 5.69 Å². The van der Waals surface area contributed by atoms with E-state index in [9.17, 15) is 32.7 Å². The van der Waals surface area contributed by atoms with Crippen LogP contribution in [-0.2, 0) is 9.84 Å². The van der Waals surface area contributed by atoms with Gasteiger partial charge in [0.05, 0.1) is 32.2 Å². The first-order valence-corrected chi connectivity index (χ1v) is 10.7. The number of fused-ring (bicyclic) bond motifs is 1. The smallest absolute Gasteiger partial charge is 0.339 e. The quantitative estimate of drug-likeness (QED) is 0.478. The van der Waals surface area contributed by atoms with Crippen molar-refractivity contribution < 1.29 is 42.9 Å². The van der Waals surface area contributed by atoms with Gasteiger partial charge >= 0.3 is 11.9 Å². The Bertz CT molecular complexity index is 1470. The summed E-state index contributed by atoms with van der Waals surface area (Å²) < 4.78 is 25.9. The van der Waals surface area contributed by atoms with E-state index in [1.807, 2.05) is 0 Å². The van der Waals surface area contributed by atoms with Crippen LogP contribution in [0.25, 0.3) is 0 Å². The van der Waals surface area contributed by atoms with E-state index < -0.39 is 44.9 Å². The lowest BCUT2D eigenvalue weighted by molar-refractivity contribution is 0.0684. The van der Waals surface area contributed by atoms with Crippen LogP contribution in [-0.4, -0.2) is 47.5 Å². The van der Waals surface area contributed by atoms with E-state index in [0.717, 1.165) is 48.5 Å². The molecule has 10 nitrogen and oxygen atoms in total. The predicted octanol–water partition coefficient (Wildman–Crippen LogP) is 2.42. The monoisotopic (exact) mass is 467 g/mol. The number of hydrogen-bond donors (Lipinski definition) is 3. The molecule has 0 spiro atoms. The molecule has 11 heteroatoms. The normalized spacial score (nSPS) is 13.2. The maximum absolute atomic E-state index is 13.0. The maximum Gasteiger partial charge on any atom is 0.339 e. The Balaban J connectivity index is 1.72. The lowest BCUT2D eigenvalue weighted by Crippen LogP contribution is -2.29. The molecule has 0 radical (unpaired) electrons. The van der Waals surface area contributed by atoms with Gasteiger partial charge in [0.15, 0.2) is 0 Å². The zero-order chi connectivity index (χ0) is 24.1. The van der Waals surface area contributed by atoms with Gasteiger partial charge in [0.25, 0.3) is 11.8 Å². The van der Waals surface area contributed by atoms with Crippen LogP contribution in [0.1, 0.15) is 41.4 Å². The topological polar surface area (TPSA) is 166 Å². The Hall–Kier alpha value is -4.51. The standard InChI is InChI=1S/C22H13NO9S/c24-18-9-12(3-7-16(18)22(29)30)23-19(25)15-8-6-14(10-17(15)20(23)26)33(31,32)13-4-1-11(2-5-13)21(27)28/h1-10,24H,(H,27,28)(H,29,30). The van der Waals surface area contributed by atoms with E-state index in [2.05, 4.69) is 0 Å². The van der Waals surface area contributed by atoms with Gasteiger partial charge in [0.1, 0.15) is 11.3 Å². The Morgan fingerprint density at radius 1 is 0.727 bits per heavy atom. The molecule has 0 saturated carbocycles. The second-order valence-electron chi connectivity index (χ2n) is 6.99. The Kier molecular flexibility index (Phi) is 4.98. The molecule has 0 fully saturated rings. The molecule has 33 heavy (non-hydrogen) atoms. The molecule has 1 aliphatic rings. The van der Waals surface area contributed by atoms with Crippen LogP contribution in [0.2, 0.25) is 0 Å². The molecule has 4 rings (SSSR count). The summed E-state index contributed by atoms with van der Waals surface area (Å²) in [6.45, 7) is 0. The highest BCUT2D eigenvalue weighted by Crippen LogP contribution is 2.33. The van der Waals surface area contributed by atoms with Gasteiger partial charge < -0.3 is 15.3 Å². The number of carbonyl (C=O) groups is 4. The van der Waals surface area contributed by atoms with Gasteiger partial charge in [-0.15, -0.1) is 0 Å². The average Bonchev–Trinajstić information content (AvgIpc) is 3.03. The number of imide groups is 1. The van der Waals surface area contributed by atoms with E-state index in [1.54, 1.807) is 0 Å². The molecular weight excluding hydrogens is 454 g/mol. The van der Waals surface area contributed by atoms with E-state index in [4.69, 9.17) is 10.2 Å². The third-order valence-corrected chi connectivity index (χ3v) is 6.82. The number of carboxylic acid groups (broad SMARTS) is 2. The summed E-state index contributed by atoms with van der Waals surface area (Å²) in [6, 6.07) is 11.0. The van der Waals surface area contributed by atoms with Crippen LogP contribution in [0.5, 0.6) is 5.75 Å². The highest BCUT2D eigenvalue weighted by molar-refractivity contribution is 7.91. The molecule has 2 amide bonds. The van der Waals surface area contributed by atoms with E-state index in [0.29, 0.717) is 4.90 Å².